The minimum absolute atomic E-state index is 0.435. The Hall–Kier alpha value is -0.800. The molecule has 0 bridgehead atoms. The predicted molar refractivity (Wildman–Crippen MR) is 58.2 cm³/mol. The number of nitrogens with zero attached hydrogens (tertiary/aromatic N) is 1. The number of aromatic nitrogens is 1. The minimum Gasteiger partial charge on any atom is -0.477 e. The lowest BCUT2D eigenvalue weighted by Crippen LogP contribution is -2.13. The quantitative estimate of drug-likeness (QED) is 0.740. The van der Waals surface area contributed by atoms with E-state index in [2.05, 4.69) is 4.98 Å². The summed E-state index contributed by atoms with van der Waals surface area (Å²) < 4.78 is 10.9. The number of pyridine rings is 1. The molecule has 1 aliphatic heterocycles. The summed E-state index contributed by atoms with van der Waals surface area (Å²) in [5.74, 6) is 1.58. The molecule has 1 aliphatic rings. The molecular formula is C11H14ClNO2. The smallest absolute Gasteiger partial charge is 0.217 e. The zero-order valence-electron chi connectivity index (χ0n) is 8.49. The van der Waals surface area contributed by atoms with Crippen molar-refractivity contribution in [1.82, 2.24) is 4.98 Å². The molecule has 0 amide bonds. The number of alkyl halides is 1. The van der Waals surface area contributed by atoms with Gasteiger partial charge in [0.05, 0.1) is 19.1 Å². The van der Waals surface area contributed by atoms with Crippen molar-refractivity contribution in [2.75, 3.05) is 19.8 Å². The Morgan fingerprint density at radius 1 is 1.60 bits per heavy atom. The van der Waals surface area contributed by atoms with E-state index in [4.69, 9.17) is 21.1 Å². The van der Waals surface area contributed by atoms with Crippen LogP contribution in [0.3, 0.4) is 0 Å². The summed E-state index contributed by atoms with van der Waals surface area (Å²) in [5, 5.41) is 0. The number of rotatable bonds is 4. The fourth-order valence-electron chi connectivity index (χ4n) is 1.57. The zero-order chi connectivity index (χ0) is 10.5. The largest absolute Gasteiger partial charge is 0.477 e. The van der Waals surface area contributed by atoms with Crippen molar-refractivity contribution < 1.29 is 9.47 Å². The van der Waals surface area contributed by atoms with Gasteiger partial charge in [0.2, 0.25) is 5.88 Å². The van der Waals surface area contributed by atoms with Gasteiger partial charge in [-0.15, -0.1) is 11.6 Å². The molecule has 2 rings (SSSR count). The first-order chi connectivity index (χ1) is 7.40. The summed E-state index contributed by atoms with van der Waals surface area (Å²) in [6.45, 7) is 2.31. The molecule has 0 saturated carbocycles. The SMILES string of the molecule is ClCc1cccnc1OCC1CCOC1. The van der Waals surface area contributed by atoms with Crippen LogP contribution in [-0.4, -0.2) is 24.8 Å². The number of ether oxygens (including phenoxy) is 2. The molecule has 1 unspecified atom stereocenters. The van der Waals surface area contributed by atoms with E-state index in [1.165, 1.54) is 0 Å². The van der Waals surface area contributed by atoms with Crippen LogP contribution in [0.1, 0.15) is 12.0 Å². The van der Waals surface area contributed by atoms with E-state index in [1.807, 2.05) is 12.1 Å². The molecule has 0 spiro atoms. The van der Waals surface area contributed by atoms with E-state index in [1.54, 1.807) is 6.20 Å². The Morgan fingerprint density at radius 3 is 3.27 bits per heavy atom. The lowest BCUT2D eigenvalue weighted by atomic mass is 10.1. The molecule has 3 nitrogen and oxygen atoms in total. The first-order valence-corrected chi connectivity index (χ1v) is 5.64. The van der Waals surface area contributed by atoms with Gasteiger partial charge in [0.1, 0.15) is 0 Å². The number of hydrogen-bond acceptors (Lipinski definition) is 3. The van der Waals surface area contributed by atoms with E-state index in [0.717, 1.165) is 25.2 Å². The lowest BCUT2D eigenvalue weighted by molar-refractivity contribution is 0.165. The molecule has 2 heterocycles. The van der Waals surface area contributed by atoms with Gasteiger partial charge in [0.15, 0.2) is 0 Å². The molecule has 1 fully saturated rings. The van der Waals surface area contributed by atoms with Crippen molar-refractivity contribution in [2.45, 2.75) is 12.3 Å². The second-order valence-electron chi connectivity index (χ2n) is 3.64. The van der Waals surface area contributed by atoms with Crippen LogP contribution in [-0.2, 0) is 10.6 Å². The highest BCUT2D eigenvalue weighted by atomic mass is 35.5. The summed E-state index contributed by atoms with van der Waals surface area (Å²) in [5.41, 5.74) is 0.943. The summed E-state index contributed by atoms with van der Waals surface area (Å²) in [7, 11) is 0. The zero-order valence-corrected chi connectivity index (χ0v) is 9.24. The minimum atomic E-state index is 0.435. The molecule has 15 heavy (non-hydrogen) atoms. The molecular weight excluding hydrogens is 214 g/mol. The number of hydrogen-bond donors (Lipinski definition) is 0. The maximum atomic E-state index is 5.78. The highest BCUT2D eigenvalue weighted by Crippen LogP contribution is 2.19. The molecule has 1 aromatic rings. The summed E-state index contributed by atoms with van der Waals surface area (Å²) >= 11 is 5.78. The molecule has 4 heteroatoms. The van der Waals surface area contributed by atoms with E-state index in [-0.39, 0.29) is 0 Å². The Morgan fingerprint density at radius 2 is 2.53 bits per heavy atom. The van der Waals surface area contributed by atoms with E-state index >= 15 is 0 Å². The maximum Gasteiger partial charge on any atom is 0.217 e. The van der Waals surface area contributed by atoms with Gasteiger partial charge in [-0.1, -0.05) is 6.07 Å². The van der Waals surface area contributed by atoms with Gasteiger partial charge in [-0.25, -0.2) is 4.98 Å². The van der Waals surface area contributed by atoms with Crippen molar-refractivity contribution in [3.8, 4) is 5.88 Å². The van der Waals surface area contributed by atoms with Crippen molar-refractivity contribution in [1.29, 1.82) is 0 Å². The molecule has 1 atom stereocenters. The monoisotopic (exact) mass is 227 g/mol. The van der Waals surface area contributed by atoms with Crippen LogP contribution in [0.25, 0.3) is 0 Å². The third-order valence-corrected chi connectivity index (χ3v) is 2.76. The first-order valence-electron chi connectivity index (χ1n) is 5.10. The van der Waals surface area contributed by atoms with E-state index in [9.17, 15) is 0 Å². The second-order valence-corrected chi connectivity index (χ2v) is 3.91. The highest BCUT2D eigenvalue weighted by Gasteiger charge is 2.16. The van der Waals surface area contributed by atoms with Crippen LogP contribution < -0.4 is 4.74 Å². The normalized spacial score (nSPS) is 20.5. The fraction of sp³-hybridized carbons (Fsp3) is 0.545. The van der Waals surface area contributed by atoms with Crippen LogP contribution in [0, 0.1) is 5.92 Å². The molecule has 0 N–H and O–H groups in total. The Balaban J connectivity index is 1.91. The van der Waals surface area contributed by atoms with Gasteiger partial charge in [-0.2, -0.15) is 0 Å². The van der Waals surface area contributed by atoms with Crippen LogP contribution >= 0.6 is 11.6 Å². The van der Waals surface area contributed by atoms with Gasteiger partial charge in [-0.05, 0) is 12.5 Å². The summed E-state index contributed by atoms with van der Waals surface area (Å²) in [6, 6.07) is 3.80. The van der Waals surface area contributed by atoms with Crippen LogP contribution in [0.15, 0.2) is 18.3 Å². The Labute approximate surface area is 94.4 Å². The molecule has 0 aliphatic carbocycles. The van der Waals surface area contributed by atoms with Crippen molar-refractivity contribution in [3.05, 3.63) is 23.9 Å². The predicted octanol–water partition coefficient (Wildman–Crippen LogP) is 2.24. The van der Waals surface area contributed by atoms with Gasteiger partial charge in [0, 0.05) is 24.3 Å². The molecule has 0 radical (unpaired) electrons. The lowest BCUT2D eigenvalue weighted by Gasteiger charge is -2.11. The van der Waals surface area contributed by atoms with E-state index in [0.29, 0.717) is 24.3 Å². The van der Waals surface area contributed by atoms with Gasteiger partial charge < -0.3 is 9.47 Å². The van der Waals surface area contributed by atoms with Crippen LogP contribution in [0.5, 0.6) is 5.88 Å². The molecule has 1 aromatic heterocycles. The Kier molecular flexibility index (Phi) is 3.80. The molecule has 0 aromatic carbocycles. The highest BCUT2D eigenvalue weighted by molar-refractivity contribution is 6.17. The average molecular weight is 228 g/mol. The standard InChI is InChI=1S/C11H14ClNO2/c12-6-10-2-1-4-13-11(10)15-8-9-3-5-14-7-9/h1-2,4,9H,3,5-8H2. The maximum absolute atomic E-state index is 5.78. The molecule has 82 valence electrons. The Bertz CT molecular complexity index is 313. The van der Waals surface area contributed by atoms with Crippen molar-refractivity contribution in [2.24, 2.45) is 5.92 Å². The van der Waals surface area contributed by atoms with E-state index < -0.39 is 0 Å². The summed E-state index contributed by atoms with van der Waals surface area (Å²) in [4.78, 5) is 4.16. The first kappa shape index (κ1) is 10.7. The average Bonchev–Trinajstić information content (AvgIpc) is 2.79. The fourth-order valence-corrected chi connectivity index (χ4v) is 1.77. The van der Waals surface area contributed by atoms with Crippen LogP contribution in [0.2, 0.25) is 0 Å². The third kappa shape index (κ3) is 2.83. The second kappa shape index (κ2) is 5.33. The van der Waals surface area contributed by atoms with Gasteiger partial charge in [-0.3, -0.25) is 0 Å². The van der Waals surface area contributed by atoms with Crippen molar-refractivity contribution in [3.63, 3.8) is 0 Å². The molecule has 1 saturated heterocycles. The topological polar surface area (TPSA) is 31.4 Å². The summed E-state index contributed by atoms with van der Waals surface area (Å²) in [6.07, 6.45) is 2.79. The van der Waals surface area contributed by atoms with Gasteiger partial charge in [0.25, 0.3) is 0 Å². The van der Waals surface area contributed by atoms with Gasteiger partial charge >= 0.3 is 0 Å². The third-order valence-electron chi connectivity index (χ3n) is 2.47. The number of halogens is 1. The van der Waals surface area contributed by atoms with Crippen molar-refractivity contribution >= 4 is 11.6 Å². The van der Waals surface area contributed by atoms with Crippen LogP contribution in [0.4, 0.5) is 0 Å².